The van der Waals surface area contributed by atoms with Crippen LogP contribution in [0.5, 0.6) is 0 Å². The van der Waals surface area contributed by atoms with Crippen molar-refractivity contribution in [3.8, 4) is 0 Å². The lowest BCUT2D eigenvalue weighted by atomic mass is 10.1. The minimum atomic E-state index is -0.0593. The third-order valence-corrected chi connectivity index (χ3v) is 4.17. The topological polar surface area (TPSA) is 65.5 Å². The third-order valence-electron chi connectivity index (χ3n) is 3.24. The number of aliphatic hydroxyl groups is 1. The zero-order chi connectivity index (χ0) is 13.1. The van der Waals surface area contributed by atoms with Gasteiger partial charge in [0.1, 0.15) is 0 Å². The first-order chi connectivity index (χ1) is 8.60. The molecule has 1 unspecified atom stereocenters. The number of hydrogen-bond donors (Lipinski definition) is 2. The number of aromatic nitrogens is 1. The predicted octanol–water partition coefficient (Wildman–Crippen LogP) is 1.28. The van der Waals surface area contributed by atoms with Crippen molar-refractivity contribution in [3.63, 3.8) is 0 Å². The minimum Gasteiger partial charge on any atom is -0.396 e. The van der Waals surface area contributed by atoms with Crippen molar-refractivity contribution in [1.29, 1.82) is 0 Å². The van der Waals surface area contributed by atoms with E-state index in [1.807, 2.05) is 13.8 Å². The molecule has 5 nitrogen and oxygen atoms in total. The Bertz CT molecular complexity index is 433. The molecule has 6 heteroatoms. The number of hydrogen-bond acceptors (Lipinski definition) is 4. The molecular weight excluding hydrogens is 250 g/mol. The van der Waals surface area contributed by atoms with Crippen LogP contribution < -0.4 is 5.32 Å². The summed E-state index contributed by atoms with van der Waals surface area (Å²) in [5.74, 6) is 0.235. The second-order valence-electron chi connectivity index (χ2n) is 4.68. The van der Waals surface area contributed by atoms with Crippen molar-refractivity contribution in [1.82, 2.24) is 15.2 Å². The molecule has 2 N–H and O–H groups in total. The molecule has 1 aromatic rings. The Kier molecular flexibility index (Phi) is 4.19. The average molecular weight is 269 g/mol. The summed E-state index contributed by atoms with van der Waals surface area (Å²) in [4.78, 5) is 19.2. The Labute approximate surface area is 111 Å². The lowest BCUT2D eigenvalue weighted by Crippen LogP contribution is -2.38. The van der Waals surface area contributed by atoms with Crippen LogP contribution in [0.4, 0.5) is 4.79 Å². The monoisotopic (exact) mass is 269 g/mol. The van der Waals surface area contributed by atoms with E-state index >= 15 is 0 Å². The molecule has 1 saturated heterocycles. The second kappa shape index (κ2) is 5.67. The highest BCUT2D eigenvalue weighted by atomic mass is 32.1. The first-order valence-corrected chi connectivity index (χ1v) is 6.98. The van der Waals surface area contributed by atoms with Gasteiger partial charge < -0.3 is 15.3 Å². The van der Waals surface area contributed by atoms with Gasteiger partial charge in [-0.3, -0.25) is 0 Å². The summed E-state index contributed by atoms with van der Waals surface area (Å²) in [5, 5.41) is 13.0. The van der Waals surface area contributed by atoms with Gasteiger partial charge in [-0.05, 0) is 20.3 Å². The number of nitrogens with one attached hydrogen (secondary N) is 1. The number of likely N-dealkylation sites (tertiary alicyclic amines) is 1. The second-order valence-corrected chi connectivity index (χ2v) is 6.09. The molecule has 100 valence electrons. The Morgan fingerprint density at radius 2 is 2.39 bits per heavy atom. The third kappa shape index (κ3) is 3.00. The van der Waals surface area contributed by atoms with E-state index in [4.69, 9.17) is 5.11 Å². The van der Waals surface area contributed by atoms with E-state index in [-0.39, 0.29) is 18.6 Å². The van der Waals surface area contributed by atoms with Crippen LogP contribution in [0.25, 0.3) is 0 Å². The Morgan fingerprint density at radius 3 is 2.94 bits per heavy atom. The molecule has 1 aliphatic heterocycles. The number of thiazole rings is 1. The smallest absolute Gasteiger partial charge is 0.317 e. The van der Waals surface area contributed by atoms with E-state index < -0.39 is 0 Å². The zero-order valence-electron chi connectivity index (χ0n) is 10.8. The molecule has 2 heterocycles. The number of aliphatic hydroxyl groups excluding tert-OH is 1. The van der Waals surface area contributed by atoms with Crippen LogP contribution in [-0.4, -0.2) is 40.7 Å². The van der Waals surface area contributed by atoms with E-state index in [9.17, 15) is 4.79 Å². The maximum atomic E-state index is 11.9. The summed E-state index contributed by atoms with van der Waals surface area (Å²) >= 11 is 1.65. The molecule has 0 aliphatic carbocycles. The van der Waals surface area contributed by atoms with Crippen LogP contribution >= 0.6 is 11.3 Å². The van der Waals surface area contributed by atoms with Gasteiger partial charge in [0.15, 0.2) is 0 Å². The fraction of sp³-hybridized carbons (Fsp3) is 0.667. The van der Waals surface area contributed by atoms with Crippen molar-refractivity contribution in [2.45, 2.75) is 26.8 Å². The highest BCUT2D eigenvalue weighted by molar-refractivity contribution is 7.11. The fourth-order valence-corrected chi connectivity index (χ4v) is 3.01. The maximum Gasteiger partial charge on any atom is 0.317 e. The number of rotatable bonds is 3. The van der Waals surface area contributed by atoms with Gasteiger partial charge in [-0.2, -0.15) is 0 Å². The zero-order valence-corrected chi connectivity index (χ0v) is 11.6. The van der Waals surface area contributed by atoms with E-state index in [1.54, 1.807) is 16.2 Å². The van der Waals surface area contributed by atoms with Gasteiger partial charge in [-0.1, -0.05) is 0 Å². The van der Waals surface area contributed by atoms with E-state index in [1.165, 1.54) is 0 Å². The van der Waals surface area contributed by atoms with Gasteiger partial charge >= 0.3 is 6.03 Å². The Hall–Kier alpha value is -1.14. The molecule has 1 fully saturated rings. The molecule has 1 atom stereocenters. The van der Waals surface area contributed by atoms with Gasteiger partial charge in [-0.25, -0.2) is 9.78 Å². The standard InChI is InChI=1S/C12H19N3O2S/c1-8-11(14-9(2)18-8)5-13-12(17)15-4-3-10(6-15)7-16/h10,16H,3-7H2,1-2H3,(H,13,17). The molecule has 18 heavy (non-hydrogen) atoms. The predicted molar refractivity (Wildman–Crippen MR) is 70.6 cm³/mol. The highest BCUT2D eigenvalue weighted by Gasteiger charge is 2.25. The van der Waals surface area contributed by atoms with E-state index in [0.29, 0.717) is 13.1 Å². The van der Waals surface area contributed by atoms with Crippen LogP contribution in [0.3, 0.4) is 0 Å². The molecule has 0 spiro atoms. The number of aryl methyl sites for hydroxylation is 2. The molecule has 2 amide bonds. The van der Waals surface area contributed by atoms with Crippen molar-refractivity contribution in [3.05, 3.63) is 15.6 Å². The number of carbonyl (C=O) groups is 1. The van der Waals surface area contributed by atoms with Crippen LogP contribution in [0.15, 0.2) is 0 Å². The Balaban J connectivity index is 1.84. The number of carbonyl (C=O) groups excluding carboxylic acids is 1. The highest BCUT2D eigenvalue weighted by Crippen LogP contribution is 2.17. The fourth-order valence-electron chi connectivity index (χ4n) is 2.17. The summed E-state index contributed by atoms with van der Waals surface area (Å²) in [6, 6.07) is -0.0593. The summed E-state index contributed by atoms with van der Waals surface area (Å²) < 4.78 is 0. The first-order valence-electron chi connectivity index (χ1n) is 6.16. The number of urea groups is 1. The van der Waals surface area contributed by atoms with E-state index in [0.717, 1.165) is 28.5 Å². The molecule has 0 aromatic carbocycles. The molecule has 1 aromatic heterocycles. The molecule has 2 rings (SSSR count). The largest absolute Gasteiger partial charge is 0.396 e. The maximum absolute atomic E-state index is 11.9. The van der Waals surface area contributed by atoms with Crippen molar-refractivity contribution >= 4 is 17.4 Å². The lowest BCUT2D eigenvalue weighted by Gasteiger charge is -2.16. The molecule has 1 aliphatic rings. The summed E-state index contributed by atoms with van der Waals surface area (Å²) in [5.41, 5.74) is 0.948. The normalized spacial score (nSPS) is 19.3. The van der Waals surface area contributed by atoms with Crippen LogP contribution in [0.2, 0.25) is 0 Å². The molecule has 0 radical (unpaired) electrons. The minimum absolute atomic E-state index is 0.0593. The van der Waals surface area contributed by atoms with Crippen LogP contribution in [0.1, 0.15) is 22.0 Å². The summed E-state index contributed by atoms with van der Waals surface area (Å²) in [6.45, 7) is 6.01. The van der Waals surface area contributed by atoms with Gasteiger partial charge in [0.05, 0.1) is 17.2 Å². The van der Waals surface area contributed by atoms with Crippen LogP contribution in [0, 0.1) is 19.8 Å². The molecule has 0 saturated carbocycles. The molecule has 0 bridgehead atoms. The quantitative estimate of drug-likeness (QED) is 0.869. The van der Waals surface area contributed by atoms with Crippen LogP contribution in [-0.2, 0) is 6.54 Å². The lowest BCUT2D eigenvalue weighted by molar-refractivity contribution is 0.198. The first kappa shape index (κ1) is 13.3. The van der Waals surface area contributed by atoms with Gasteiger partial charge in [0, 0.05) is 30.5 Å². The van der Waals surface area contributed by atoms with Gasteiger partial charge in [-0.15, -0.1) is 11.3 Å². The summed E-state index contributed by atoms with van der Waals surface area (Å²) in [7, 11) is 0. The van der Waals surface area contributed by atoms with E-state index in [2.05, 4.69) is 10.3 Å². The van der Waals surface area contributed by atoms with Crippen molar-refractivity contribution in [2.24, 2.45) is 5.92 Å². The average Bonchev–Trinajstić information content (AvgIpc) is 2.93. The number of amides is 2. The van der Waals surface area contributed by atoms with Gasteiger partial charge in [0.25, 0.3) is 0 Å². The molecular formula is C12H19N3O2S. The van der Waals surface area contributed by atoms with Crippen molar-refractivity contribution in [2.75, 3.05) is 19.7 Å². The Morgan fingerprint density at radius 1 is 1.61 bits per heavy atom. The number of nitrogens with zero attached hydrogens (tertiary/aromatic N) is 2. The van der Waals surface area contributed by atoms with Crippen molar-refractivity contribution < 1.29 is 9.90 Å². The SMILES string of the molecule is Cc1nc(CNC(=O)N2CCC(CO)C2)c(C)s1. The summed E-state index contributed by atoms with van der Waals surface area (Å²) in [6.07, 6.45) is 0.888. The van der Waals surface area contributed by atoms with Gasteiger partial charge in [0.2, 0.25) is 0 Å².